The number of rotatable bonds is 5. The Kier molecular flexibility index (Phi) is 5.87. The van der Waals surface area contributed by atoms with E-state index < -0.39 is 41.0 Å². The lowest BCUT2D eigenvalue weighted by molar-refractivity contribution is -0.172. The fraction of sp³-hybridized carbons (Fsp3) is 0.429. The Labute approximate surface area is 222 Å². The number of carbonyl (C=O) groups excluding carboxylic acids is 2. The first-order chi connectivity index (χ1) is 18.6. The van der Waals surface area contributed by atoms with Gasteiger partial charge in [0.1, 0.15) is 18.5 Å². The topological polar surface area (TPSA) is 151 Å². The maximum absolute atomic E-state index is 15.0. The monoisotopic (exact) mass is 537 g/mol. The van der Waals surface area contributed by atoms with Crippen molar-refractivity contribution in [1.29, 1.82) is 0 Å². The third kappa shape index (κ3) is 3.56. The first-order valence-electron chi connectivity index (χ1n) is 13.0. The van der Waals surface area contributed by atoms with E-state index in [0.717, 1.165) is 5.56 Å². The van der Waals surface area contributed by atoms with Gasteiger partial charge in [-0.25, -0.2) is 14.2 Å². The molecule has 10 nitrogen and oxygen atoms in total. The van der Waals surface area contributed by atoms with E-state index in [-0.39, 0.29) is 43.7 Å². The smallest absolute Gasteiger partial charge is 0.343 e. The normalized spacial score (nSPS) is 21.7. The zero-order valence-corrected chi connectivity index (χ0v) is 21.5. The number of aliphatic hydroxyl groups is 3. The van der Waals surface area contributed by atoms with Crippen molar-refractivity contribution in [3.8, 4) is 11.4 Å². The summed E-state index contributed by atoms with van der Waals surface area (Å²) in [5, 5.41) is 34.0. The number of pyridine rings is 2. The van der Waals surface area contributed by atoms with Crippen LogP contribution in [0.1, 0.15) is 65.6 Å². The number of carbonyl (C=O) groups is 2. The van der Waals surface area contributed by atoms with Crippen LogP contribution in [-0.4, -0.2) is 49.5 Å². The molecule has 0 saturated heterocycles. The van der Waals surface area contributed by atoms with Crippen LogP contribution in [0.25, 0.3) is 22.3 Å². The molecule has 4 N–H and O–H groups in total. The van der Waals surface area contributed by atoms with Crippen molar-refractivity contribution >= 4 is 22.8 Å². The number of aromatic nitrogens is 2. The van der Waals surface area contributed by atoms with Crippen molar-refractivity contribution < 1.29 is 34.0 Å². The molecule has 3 aromatic rings. The number of nitrogens with one attached hydrogen (secondary N) is 1. The van der Waals surface area contributed by atoms with Gasteiger partial charge in [0.15, 0.2) is 5.60 Å². The minimum atomic E-state index is -1.98. The second-order valence-corrected chi connectivity index (χ2v) is 10.4. The SMILES string of the molecule is CCC1(O)C(=O)OCc2c1cc1n(c2=O)Cc2c-1nc1cc(F)c(C)c3c1c2C(NC(=O)C(O)CCO)CC3. The zero-order chi connectivity index (χ0) is 27.8. The highest BCUT2D eigenvalue weighted by atomic mass is 19.1. The Balaban J connectivity index is 1.60. The highest BCUT2D eigenvalue weighted by Gasteiger charge is 2.46. The lowest BCUT2D eigenvalue weighted by Gasteiger charge is -2.31. The molecule has 4 heterocycles. The zero-order valence-electron chi connectivity index (χ0n) is 21.5. The summed E-state index contributed by atoms with van der Waals surface area (Å²) in [5.74, 6) is -1.88. The largest absolute Gasteiger partial charge is 0.458 e. The highest BCUT2D eigenvalue weighted by molar-refractivity contribution is 5.94. The van der Waals surface area contributed by atoms with Gasteiger partial charge in [-0.3, -0.25) is 9.59 Å². The van der Waals surface area contributed by atoms with Crippen LogP contribution in [0.5, 0.6) is 0 Å². The molecule has 0 radical (unpaired) electrons. The highest BCUT2D eigenvalue weighted by Crippen LogP contribution is 2.45. The average Bonchev–Trinajstić information content (AvgIpc) is 3.29. The molecule has 2 aromatic heterocycles. The van der Waals surface area contributed by atoms with Crippen LogP contribution in [0.3, 0.4) is 0 Å². The van der Waals surface area contributed by atoms with Crippen LogP contribution < -0.4 is 10.9 Å². The lowest BCUT2D eigenvalue weighted by atomic mass is 9.81. The first kappa shape index (κ1) is 25.6. The van der Waals surface area contributed by atoms with Gasteiger partial charge in [-0.1, -0.05) is 6.92 Å². The van der Waals surface area contributed by atoms with Crippen molar-refractivity contribution in [2.24, 2.45) is 0 Å². The first-order valence-corrected chi connectivity index (χ1v) is 13.0. The molecule has 11 heteroatoms. The van der Waals surface area contributed by atoms with Gasteiger partial charge < -0.3 is 29.9 Å². The summed E-state index contributed by atoms with van der Waals surface area (Å²) in [4.78, 5) is 43.7. The van der Waals surface area contributed by atoms with Crippen LogP contribution >= 0.6 is 0 Å². The molecule has 3 atom stereocenters. The second-order valence-electron chi connectivity index (χ2n) is 10.4. The molecule has 39 heavy (non-hydrogen) atoms. The quantitative estimate of drug-likeness (QED) is 0.279. The van der Waals surface area contributed by atoms with Crippen molar-refractivity contribution in [2.45, 2.75) is 70.4 Å². The van der Waals surface area contributed by atoms with Crippen LogP contribution in [0, 0.1) is 12.7 Å². The standard InChI is InChI=1S/C28H28FN3O7/c1-3-28(38)16-8-20-24-14(10-32(20)26(36)15(16)11-39-27(28)37)23-18(31-25(35)21(34)6-7-33)5-4-13-12(2)17(29)9-19(30-24)22(13)23/h8-9,18,21,33-34,38H,3-7,10-11H2,1-2H3,(H,31,35). The molecule has 1 aromatic carbocycles. The molecular weight excluding hydrogens is 509 g/mol. The van der Waals surface area contributed by atoms with Crippen molar-refractivity contribution in [3.63, 3.8) is 0 Å². The third-order valence-electron chi connectivity index (χ3n) is 8.40. The number of halogens is 1. The van der Waals surface area contributed by atoms with Gasteiger partial charge in [-0.2, -0.15) is 0 Å². The van der Waals surface area contributed by atoms with Gasteiger partial charge in [-0.15, -0.1) is 0 Å². The maximum Gasteiger partial charge on any atom is 0.343 e. The number of nitrogens with zero attached hydrogens (tertiary/aromatic N) is 2. The van der Waals surface area contributed by atoms with Gasteiger partial charge in [0.2, 0.25) is 5.91 Å². The molecule has 6 rings (SSSR count). The van der Waals surface area contributed by atoms with E-state index >= 15 is 0 Å². The summed E-state index contributed by atoms with van der Waals surface area (Å²) in [6.45, 7) is 2.82. The third-order valence-corrected chi connectivity index (χ3v) is 8.40. The Bertz CT molecular complexity index is 1650. The van der Waals surface area contributed by atoms with Crippen molar-refractivity contribution in [1.82, 2.24) is 14.9 Å². The van der Waals surface area contributed by atoms with Crippen molar-refractivity contribution in [3.05, 3.63) is 61.7 Å². The van der Waals surface area contributed by atoms with Crippen LogP contribution in [-0.2, 0) is 39.5 Å². The van der Waals surface area contributed by atoms with Gasteiger partial charge in [-0.05, 0) is 48.9 Å². The maximum atomic E-state index is 15.0. The molecule has 0 fully saturated rings. The molecular formula is C28H28FN3O7. The number of aryl methyl sites for hydroxylation is 1. The fourth-order valence-corrected chi connectivity index (χ4v) is 6.22. The van der Waals surface area contributed by atoms with Crippen LogP contribution in [0.2, 0.25) is 0 Å². The number of fused-ring (bicyclic) bond motifs is 5. The van der Waals surface area contributed by atoms with E-state index in [1.54, 1.807) is 19.9 Å². The Morgan fingerprint density at radius 1 is 1.31 bits per heavy atom. The summed E-state index contributed by atoms with van der Waals surface area (Å²) < 4.78 is 21.6. The van der Waals surface area contributed by atoms with Gasteiger partial charge >= 0.3 is 5.97 Å². The van der Waals surface area contributed by atoms with E-state index in [9.17, 15) is 29.0 Å². The molecule has 3 aliphatic rings. The van der Waals surface area contributed by atoms with Crippen LogP contribution in [0.4, 0.5) is 4.39 Å². The van der Waals surface area contributed by atoms with Gasteiger partial charge in [0, 0.05) is 35.6 Å². The number of benzene rings is 1. The molecule has 2 aliphatic heterocycles. The molecule has 3 unspecified atom stereocenters. The van der Waals surface area contributed by atoms with E-state index in [1.807, 2.05) is 0 Å². The minimum absolute atomic E-state index is 0.00308. The summed E-state index contributed by atoms with van der Waals surface area (Å²) in [5.41, 5.74) is 1.74. The lowest BCUT2D eigenvalue weighted by Crippen LogP contribution is -2.44. The fourth-order valence-electron chi connectivity index (χ4n) is 6.22. The number of ether oxygens (including phenoxy) is 1. The average molecular weight is 538 g/mol. The molecule has 0 saturated carbocycles. The molecule has 1 amide bonds. The van der Waals surface area contributed by atoms with E-state index in [2.05, 4.69) is 5.32 Å². The predicted octanol–water partition coefficient (Wildman–Crippen LogP) is 1.37. The summed E-state index contributed by atoms with van der Waals surface area (Å²) in [6.07, 6.45) is -0.605. The molecule has 0 bridgehead atoms. The van der Waals surface area contributed by atoms with E-state index in [1.165, 1.54) is 10.6 Å². The molecule has 1 aliphatic carbocycles. The summed E-state index contributed by atoms with van der Waals surface area (Å²) in [7, 11) is 0. The number of hydrogen-bond acceptors (Lipinski definition) is 8. The predicted molar refractivity (Wildman–Crippen MR) is 136 cm³/mol. The number of hydrogen-bond donors (Lipinski definition) is 4. The number of esters is 1. The number of amides is 1. The van der Waals surface area contributed by atoms with Gasteiger partial charge in [0.25, 0.3) is 5.56 Å². The second kappa shape index (κ2) is 8.94. The van der Waals surface area contributed by atoms with E-state index in [4.69, 9.17) is 14.8 Å². The van der Waals surface area contributed by atoms with Crippen LogP contribution in [0.15, 0.2) is 16.9 Å². The summed E-state index contributed by atoms with van der Waals surface area (Å²) in [6, 6.07) is 2.37. The Hall–Kier alpha value is -3.67. The molecule has 204 valence electrons. The Morgan fingerprint density at radius 3 is 2.79 bits per heavy atom. The van der Waals surface area contributed by atoms with Gasteiger partial charge in [0.05, 0.1) is 35.1 Å². The van der Waals surface area contributed by atoms with E-state index in [0.29, 0.717) is 51.8 Å². The number of cyclic esters (lactones) is 1. The summed E-state index contributed by atoms with van der Waals surface area (Å²) >= 11 is 0. The molecule has 0 spiro atoms. The van der Waals surface area contributed by atoms with Crippen molar-refractivity contribution in [2.75, 3.05) is 6.61 Å². The Morgan fingerprint density at radius 2 is 2.08 bits per heavy atom. The number of aliphatic hydroxyl groups excluding tert-OH is 2. The minimum Gasteiger partial charge on any atom is -0.458 e.